The smallest absolute Gasteiger partial charge is 0.295 e. The summed E-state index contributed by atoms with van der Waals surface area (Å²) in [5.74, 6) is 0.834. The van der Waals surface area contributed by atoms with Crippen molar-refractivity contribution in [1.29, 1.82) is 0 Å². The summed E-state index contributed by atoms with van der Waals surface area (Å²) in [4.78, 5) is 31.2. The van der Waals surface area contributed by atoms with Crippen LogP contribution in [0.2, 0.25) is 0 Å². The average molecular weight is 923 g/mol. The molecule has 0 bridgehead atoms. The third-order valence-corrected chi connectivity index (χ3v) is 10.8. The lowest BCUT2D eigenvalue weighted by Crippen LogP contribution is -2.32. The highest BCUT2D eigenvalue weighted by molar-refractivity contribution is 7.86. The van der Waals surface area contributed by atoms with E-state index in [2.05, 4.69) is 56.5 Å². The summed E-state index contributed by atoms with van der Waals surface area (Å²) >= 11 is 0. The number of aliphatic hydroxyl groups is 2. The summed E-state index contributed by atoms with van der Waals surface area (Å²) in [6.07, 6.45) is 4.11. The first-order valence-corrected chi connectivity index (χ1v) is 22.9. The zero-order valence-electron chi connectivity index (χ0n) is 35.8. The Bertz CT molecular complexity index is 2560. The van der Waals surface area contributed by atoms with Gasteiger partial charge in [0.15, 0.2) is 0 Å². The molecule has 9 N–H and O–H groups in total. The predicted molar refractivity (Wildman–Crippen MR) is 247 cm³/mol. The van der Waals surface area contributed by atoms with Gasteiger partial charge in [-0.05, 0) is 102 Å². The number of nitrogens with zero attached hydrogens (tertiary/aromatic N) is 9. The number of aromatic nitrogens is 6. The number of para-hydroxylation sites is 1. The van der Waals surface area contributed by atoms with Crippen LogP contribution in [0.15, 0.2) is 76.5 Å². The Morgan fingerprint density at radius 1 is 0.531 bits per heavy atom. The van der Waals surface area contributed by atoms with E-state index in [4.69, 9.17) is 0 Å². The van der Waals surface area contributed by atoms with Crippen molar-refractivity contribution in [3.8, 4) is 0 Å². The van der Waals surface area contributed by atoms with Crippen molar-refractivity contribution < 1.29 is 36.2 Å². The van der Waals surface area contributed by atoms with E-state index < -0.39 is 30.0 Å². The van der Waals surface area contributed by atoms with Crippen molar-refractivity contribution in [3.05, 3.63) is 77.9 Å². The zero-order chi connectivity index (χ0) is 46.3. The molecule has 5 aromatic rings. The third-order valence-electron chi connectivity index (χ3n) is 8.98. The molecule has 0 aliphatic heterocycles. The topological polar surface area (TPSA) is 296 Å². The number of aliphatic hydroxyl groups excluding tert-OH is 2. The Hall–Kier alpha value is -6.12. The van der Waals surface area contributed by atoms with Crippen LogP contribution in [0.25, 0.3) is 12.2 Å². The van der Waals surface area contributed by atoms with Crippen molar-refractivity contribution >= 4 is 85.1 Å². The Balaban J connectivity index is 1.42. The van der Waals surface area contributed by atoms with Gasteiger partial charge in [0, 0.05) is 43.2 Å². The average Bonchev–Trinajstić information content (AvgIpc) is 3.23. The van der Waals surface area contributed by atoms with Crippen LogP contribution in [0.3, 0.4) is 0 Å². The van der Waals surface area contributed by atoms with Gasteiger partial charge in [0.2, 0.25) is 35.7 Å². The van der Waals surface area contributed by atoms with Crippen molar-refractivity contribution in [2.75, 3.05) is 112 Å². The molecule has 22 nitrogen and oxygen atoms in total. The Labute approximate surface area is 372 Å². The number of hydrogen-bond donors (Lipinski definition) is 9. The van der Waals surface area contributed by atoms with Gasteiger partial charge in [0.25, 0.3) is 20.2 Å². The minimum absolute atomic E-state index is 0.00889. The highest BCUT2D eigenvalue weighted by atomic mass is 32.2. The molecule has 5 rings (SSSR count). The van der Waals surface area contributed by atoms with Gasteiger partial charge in [-0.1, -0.05) is 42.5 Å². The molecule has 64 heavy (non-hydrogen) atoms. The molecule has 3 aromatic carbocycles. The van der Waals surface area contributed by atoms with Gasteiger partial charge in [-0.15, -0.1) is 0 Å². The molecule has 0 aliphatic carbocycles. The van der Waals surface area contributed by atoms with Crippen LogP contribution < -0.4 is 31.5 Å². The van der Waals surface area contributed by atoms with E-state index in [0.29, 0.717) is 13.1 Å². The molecule has 0 spiro atoms. The molecule has 0 amide bonds. The maximum atomic E-state index is 12.7. The summed E-state index contributed by atoms with van der Waals surface area (Å²) in [5.41, 5.74) is 1.02. The van der Waals surface area contributed by atoms with Crippen molar-refractivity contribution in [2.24, 2.45) is 0 Å². The fourth-order valence-corrected chi connectivity index (χ4v) is 7.41. The van der Waals surface area contributed by atoms with Gasteiger partial charge in [-0.3, -0.25) is 9.11 Å². The van der Waals surface area contributed by atoms with E-state index >= 15 is 0 Å². The minimum Gasteiger partial charge on any atom is -0.395 e. The summed E-state index contributed by atoms with van der Waals surface area (Å²) in [6, 6.07) is 17.3. The first-order chi connectivity index (χ1) is 30.5. The highest BCUT2D eigenvalue weighted by Crippen LogP contribution is 2.29. The van der Waals surface area contributed by atoms with Crippen LogP contribution in [-0.2, 0) is 20.2 Å². The first kappa shape index (κ1) is 48.9. The van der Waals surface area contributed by atoms with Crippen LogP contribution in [0, 0.1) is 0 Å². The van der Waals surface area contributed by atoms with E-state index in [1.54, 1.807) is 4.90 Å². The van der Waals surface area contributed by atoms with Crippen molar-refractivity contribution in [2.45, 2.75) is 22.6 Å². The molecule has 0 atom stereocenters. The van der Waals surface area contributed by atoms with Crippen molar-refractivity contribution in [3.63, 3.8) is 0 Å². The fraction of sp³-hybridized carbons (Fsp3) is 0.350. The standard InChI is InChI=1S/C40H54N14O8S2/c1-52(2)20-8-18-41-35-46-37(43-30-10-6-5-7-11-30)49-38(47-35)44-31-16-14-28(33(26-31)63(57,58)59)12-13-29-15-17-32(27-34(29)64(60,61)62)45-39-48-36(42-19-9-21-53(3)4)50-40(51-39)54(22-24-55)23-25-56/h5-7,10-17,26-27,55-56H,8-9,18-25H2,1-4H3,(H,57,58,59)(H,60,61,62)(H2,42,45,48,50,51)(H3,41,43,44,46,47,49)/b13-12+. The monoisotopic (exact) mass is 922 g/mol. The molecule has 0 fully saturated rings. The van der Waals surface area contributed by atoms with Gasteiger partial charge in [0.1, 0.15) is 9.79 Å². The third kappa shape index (κ3) is 15.3. The SMILES string of the molecule is CN(C)CCCNc1nc(Nc2ccccc2)nc(Nc2ccc(/C=C/c3ccc(Nc4nc(NCCCN(C)C)nc(N(CCO)CCO)n4)cc3S(=O)(=O)O)c(S(=O)(=O)O)c2)n1. The Morgan fingerprint density at radius 2 is 0.938 bits per heavy atom. The molecule has 0 unspecified atom stereocenters. The van der Waals surface area contributed by atoms with Gasteiger partial charge in [-0.25, -0.2) is 0 Å². The maximum Gasteiger partial charge on any atom is 0.295 e. The van der Waals surface area contributed by atoms with Crippen molar-refractivity contribution in [1.82, 2.24) is 39.7 Å². The Kier molecular flexibility index (Phi) is 17.6. The van der Waals surface area contributed by atoms with E-state index in [1.807, 2.05) is 68.3 Å². The number of hydrogen-bond acceptors (Lipinski definition) is 20. The molecule has 0 aliphatic rings. The molecule has 0 saturated carbocycles. The van der Waals surface area contributed by atoms with Crippen LogP contribution in [0.5, 0.6) is 0 Å². The summed E-state index contributed by atoms with van der Waals surface area (Å²) in [6.45, 7) is 2.43. The number of nitrogens with one attached hydrogen (secondary N) is 5. The Morgan fingerprint density at radius 3 is 1.38 bits per heavy atom. The highest BCUT2D eigenvalue weighted by Gasteiger charge is 2.20. The molecule has 344 valence electrons. The second kappa shape index (κ2) is 23.0. The van der Waals surface area contributed by atoms with E-state index in [-0.39, 0.29) is 84.5 Å². The second-order valence-corrected chi connectivity index (χ2v) is 17.5. The summed E-state index contributed by atoms with van der Waals surface area (Å²) in [7, 11) is -1.89. The van der Waals surface area contributed by atoms with Crippen LogP contribution in [0.1, 0.15) is 24.0 Å². The van der Waals surface area contributed by atoms with Crippen LogP contribution in [0.4, 0.5) is 52.8 Å². The van der Waals surface area contributed by atoms with E-state index in [1.165, 1.54) is 42.5 Å². The van der Waals surface area contributed by atoms with Gasteiger partial charge < -0.3 is 51.5 Å². The molecular formula is C40H54N14O8S2. The number of anilines is 9. The molecule has 24 heteroatoms. The predicted octanol–water partition coefficient (Wildman–Crippen LogP) is 3.47. The first-order valence-electron chi connectivity index (χ1n) is 20.0. The molecular weight excluding hydrogens is 869 g/mol. The molecule has 0 radical (unpaired) electrons. The normalized spacial score (nSPS) is 11.9. The maximum absolute atomic E-state index is 12.7. The number of benzene rings is 3. The van der Waals surface area contributed by atoms with E-state index in [9.17, 15) is 36.2 Å². The fourth-order valence-electron chi connectivity index (χ4n) is 5.99. The second-order valence-electron chi connectivity index (χ2n) is 14.7. The molecule has 2 aromatic heterocycles. The number of rotatable bonds is 25. The van der Waals surface area contributed by atoms with E-state index in [0.717, 1.165) is 37.7 Å². The lowest BCUT2D eigenvalue weighted by Gasteiger charge is -2.21. The van der Waals surface area contributed by atoms with Crippen LogP contribution >= 0.6 is 0 Å². The minimum atomic E-state index is -4.87. The zero-order valence-corrected chi connectivity index (χ0v) is 37.5. The van der Waals surface area contributed by atoms with Gasteiger partial charge in [-0.2, -0.15) is 46.7 Å². The summed E-state index contributed by atoms with van der Waals surface area (Å²) in [5, 5.41) is 34.6. The van der Waals surface area contributed by atoms with Gasteiger partial charge in [0.05, 0.1) is 13.2 Å². The summed E-state index contributed by atoms with van der Waals surface area (Å²) < 4.78 is 71.5. The molecule has 0 saturated heterocycles. The lowest BCUT2D eigenvalue weighted by molar-refractivity contribution is 0.280. The quantitative estimate of drug-likeness (QED) is 0.0230. The van der Waals surface area contributed by atoms with Crippen LogP contribution in [-0.4, -0.2) is 157 Å². The molecule has 2 heterocycles. The van der Waals surface area contributed by atoms with Gasteiger partial charge >= 0.3 is 0 Å². The lowest BCUT2D eigenvalue weighted by atomic mass is 10.1. The largest absolute Gasteiger partial charge is 0.395 e.